The average Bonchev–Trinajstić information content (AvgIpc) is 3.25. The normalized spacial score (nSPS) is 18.3. The molecule has 158 valence electrons. The number of hydrogen-bond donors (Lipinski definition) is 4. The summed E-state index contributed by atoms with van der Waals surface area (Å²) in [4.78, 5) is 22.1. The number of aromatic nitrogens is 5. The highest BCUT2D eigenvalue weighted by Gasteiger charge is 2.23. The van der Waals surface area contributed by atoms with Gasteiger partial charge in [0.25, 0.3) is 5.91 Å². The van der Waals surface area contributed by atoms with Gasteiger partial charge in [-0.1, -0.05) is 18.9 Å². The lowest BCUT2D eigenvalue weighted by Gasteiger charge is -2.29. The first kappa shape index (κ1) is 21.5. The van der Waals surface area contributed by atoms with Crippen LogP contribution in [0.1, 0.15) is 36.0 Å². The number of carbonyl (C=O) groups excluding carboxylic acids is 1. The van der Waals surface area contributed by atoms with Crippen molar-refractivity contribution in [1.29, 1.82) is 0 Å². The highest BCUT2D eigenvalue weighted by molar-refractivity contribution is 5.98. The topological polar surface area (TPSA) is 150 Å². The van der Waals surface area contributed by atoms with Crippen molar-refractivity contribution in [3.63, 3.8) is 0 Å². The molecule has 1 amide bonds. The number of carbonyl (C=O) groups is 1. The maximum atomic E-state index is 11.9. The zero-order valence-corrected chi connectivity index (χ0v) is 17.0. The number of nitrogens with one attached hydrogen (secondary N) is 2. The molecule has 10 nitrogen and oxygen atoms in total. The number of hydrogen-bond acceptors (Lipinski definition) is 8. The van der Waals surface area contributed by atoms with E-state index in [9.17, 15) is 4.79 Å². The summed E-state index contributed by atoms with van der Waals surface area (Å²) >= 11 is 0. The third kappa shape index (κ3) is 4.84. The van der Waals surface area contributed by atoms with E-state index in [2.05, 4.69) is 30.8 Å². The number of amides is 1. The monoisotopic (exact) mass is 429 g/mol. The highest BCUT2D eigenvalue weighted by Crippen LogP contribution is 2.24. The fraction of sp³-hybridized carbons (Fsp3) is 0.316. The SMILES string of the molecule is Cl.NC(=O)c1cnc(N[C@@H]2CCCC[C@@H]2N)nc1Nc1cccc(-n2nccn2)c1. The summed E-state index contributed by atoms with van der Waals surface area (Å²) in [6.07, 6.45) is 8.81. The van der Waals surface area contributed by atoms with Gasteiger partial charge in [-0.15, -0.1) is 12.4 Å². The van der Waals surface area contributed by atoms with Crippen molar-refractivity contribution < 1.29 is 4.79 Å². The van der Waals surface area contributed by atoms with Crippen molar-refractivity contribution in [2.24, 2.45) is 11.5 Å². The molecule has 4 rings (SSSR count). The fourth-order valence-electron chi connectivity index (χ4n) is 3.43. The summed E-state index contributed by atoms with van der Waals surface area (Å²) in [5, 5.41) is 14.7. The Labute approximate surface area is 179 Å². The number of nitrogens with zero attached hydrogens (tertiary/aromatic N) is 5. The van der Waals surface area contributed by atoms with E-state index in [1.165, 1.54) is 11.0 Å². The van der Waals surface area contributed by atoms with Crippen molar-refractivity contribution >= 4 is 35.8 Å². The Morgan fingerprint density at radius 3 is 2.67 bits per heavy atom. The fourth-order valence-corrected chi connectivity index (χ4v) is 3.43. The van der Waals surface area contributed by atoms with Crippen molar-refractivity contribution in [1.82, 2.24) is 25.0 Å². The predicted molar refractivity (Wildman–Crippen MR) is 116 cm³/mol. The molecule has 1 saturated carbocycles. The minimum absolute atomic E-state index is 0. The van der Waals surface area contributed by atoms with Crippen LogP contribution in [0.5, 0.6) is 0 Å². The van der Waals surface area contributed by atoms with E-state index in [0.29, 0.717) is 17.5 Å². The summed E-state index contributed by atoms with van der Waals surface area (Å²) in [7, 11) is 0. The summed E-state index contributed by atoms with van der Waals surface area (Å²) in [5.41, 5.74) is 13.4. The zero-order valence-electron chi connectivity index (χ0n) is 16.2. The van der Waals surface area contributed by atoms with Crippen LogP contribution in [0.4, 0.5) is 17.5 Å². The van der Waals surface area contributed by atoms with E-state index in [0.717, 1.165) is 31.4 Å². The lowest BCUT2D eigenvalue weighted by Crippen LogP contribution is -2.43. The quantitative estimate of drug-likeness (QED) is 0.464. The number of halogens is 1. The zero-order chi connectivity index (χ0) is 20.2. The molecule has 2 heterocycles. The second-order valence-corrected chi connectivity index (χ2v) is 7.01. The molecule has 0 spiro atoms. The maximum Gasteiger partial charge on any atom is 0.254 e. The molecule has 1 aliphatic carbocycles. The molecule has 0 saturated heterocycles. The number of rotatable bonds is 6. The molecule has 30 heavy (non-hydrogen) atoms. The molecule has 11 heteroatoms. The van der Waals surface area contributed by atoms with E-state index in [1.807, 2.05) is 24.3 Å². The molecule has 2 atom stereocenters. The van der Waals surface area contributed by atoms with Crippen LogP contribution in [-0.2, 0) is 0 Å². The van der Waals surface area contributed by atoms with Crippen LogP contribution in [0.15, 0.2) is 42.9 Å². The Balaban J connectivity index is 0.00000256. The number of anilines is 3. The average molecular weight is 430 g/mol. The molecular weight excluding hydrogens is 406 g/mol. The van der Waals surface area contributed by atoms with E-state index in [4.69, 9.17) is 11.5 Å². The van der Waals surface area contributed by atoms with Crippen molar-refractivity contribution in [2.45, 2.75) is 37.8 Å². The van der Waals surface area contributed by atoms with Gasteiger partial charge in [-0.3, -0.25) is 4.79 Å². The molecule has 0 radical (unpaired) electrons. The van der Waals surface area contributed by atoms with Gasteiger partial charge in [-0.05, 0) is 31.0 Å². The first-order valence-electron chi connectivity index (χ1n) is 9.53. The van der Waals surface area contributed by atoms with E-state index in [-0.39, 0.29) is 30.1 Å². The van der Waals surface area contributed by atoms with Gasteiger partial charge in [0.15, 0.2) is 0 Å². The molecule has 1 aliphatic rings. The molecule has 3 aromatic rings. The molecule has 6 N–H and O–H groups in total. The smallest absolute Gasteiger partial charge is 0.254 e. The van der Waals surface area contributed by atoms with Crippen molar-refractivity contribution in [2.75, 3.05) is 10.6 Å². The Morgan fingerprint density at radius 1 is 1.17 bits per heavy atom. The first-order chi connectivity index (χ1) is 14.1. The van der Waals surface area contributed by atoms with Gasteiger partial charge in [0, 0.05) is 24.0 Å². The number of nitrogens with two attached hydrogens (primary N) is 2. The van der Waals surface area contributed by atoms with Crippen molar-refractivity contribution in [3.05, 3.63) is 48.4 Å². The van der Waals surface area contributed by atoms with Gasteiger partial charge in [0.05, 0.1) is 18.1 Å². The third-order valence-electron chi connectivity index (χ3n) is 4.95. The van der Waals surface area contributed by atoms with Gasteiger partial charge in [-0.25, -0.2) is 4.98 Å². The van der Waals surface area contributed by atoms with E-state index in [1.54, 1.807) is 12.4 Å². The third-order valence-corrected chi connectivity index (χ3v) is 4.95. The van der Waals surface area contributed by atoms with Crippen molar-refractivity contribution in [3.8, 4) is 5.69 Å². The molecule has 1 fully saturated rings. The number of benzene rings is 1. The van der Waals surface area contributed by atoms with E-state index < -0.39 is 5.91 Å². The summed E-state index contributed by atoms with van der Waals surface area (Å²) in [5.74, 6) is 0.119. The lowest BCUT2D eigenvalue weighted by atomic mass is 9.91. The standard InChI is InChI=1S/C19H23N9O.ClH/c20-15-6-1-2-7-16(15)26-19-22-11-14(17(21)29)18(27-19)25-12-4-3-5-13(10-12)28-23-8-9-24-28;/h3-5,8-11,15-16H,1-2,6-7,20H2,(H2,21,29)(H2,22,25,26,27);1H/t15-,16+;/m0./s1. The minimum atomic E-state index is -0.613. The van der Waals surface area contributed by atoms with Gasteiger partial charge in [-0.2, -0.15) is 20.0 Å². The predicted octanol–water partition coefficient (Wildman–Crippen LogP) is 2.00. The van der Waals surface area contributed by atoms with Crippen LogP contribution in [0, 0.1) is 0 Å². The minimum Gasteiger partial charge on any atom is -0.365 e. The second-order valence-electron chi connectivity index (χ2n) is 7.01. The van der Waals surface area contributed by atoms with Crippen LogP contribution in [-0.4, -0.2) is 43.0 Å². The van der Waals surface area contributed by atoms with Gasteiger partial charge >= 0.3 is 0 Å². The molecule has 1 aromatic carbocycles. The van der Waals surface area contributed by atoms with Crippen LogP contribution < -0.4 is 22.1 Å². The van der Waals surface area contributed by atoms with E-state index >= 15 is 0 Å². The Hall–Kier alpha value is -3.24. The second kappa shape index (κ2) is 9.51. The Bertz CT molecular complexity index is 995. The number of primary amides is 1. The molecule has 0 bridgehead atoms. The molecular formula is C19H24ClN9O. The highest BCUT2D eigenvalue weighted by atomic mass is 35.5. The first-order valence-corrected chi connectivity index (χ1v) is 9.53. The lowest BCUT2D eigenvalue weighted by molar-refractivity contribution is 0.100. The van der Waals surface area contributed by atoms with Gasteiger partial charge in [0.1, 0.15) is 11.4 Å². The van der Waals surface area contributed by atoms with Gasteiger partial charge in [0.2, 0.25) is 5.95 Å². The van der Waals surface area contributed by atoms with Crippen LogP contribution in [0.25, 0.3) is 5.69 Å². The summed E-state index contributed by atoms with van der Waals surface area (Å²) < 4.78 is 0. The summed E-state index contributed by atoms with van der Waals surface area (Å²) in [6.45, 7) is 0. The van der Waals surface area contributed by atoms with Crippen LogP contribution >= 0.6 is 12.4 Å². The Morgan fingerprint density at radius 2 is 1.93 bits per heavy atom. The van der Waals surface area contributed by atoms with Crippen LogP contribution in [0.3, 0.4) is 0 Å². The maximum absolute atomic E-state index is 11.9. The molecule has 0 aliphatic heterocycles. The largest absolute Gasteiger partial charge is 0.365 e. The van der Waals surface area contributed by atoms with Gasteiger partial charge < -0.3 is 22.1 Å². The van der Waals surface area contributed by atoms with Crippen LogP contribution in [0.2, 0.25) is 0 Å². The Kier molecular flexibility index (Phi) is 6.80. The summed E-state index contributed by atoms with van der Waals surface area (Å²) in [6, 6.07) is 7.58. The molecule has 0 unspecified atom stereocenters. The molecule has 2 aromatic heterocycles.